The molecule has 204 valence electrons. The summed E-state index contributed by atoms with van der Waals surface area (Å²) in [6, 6.07) is 8.09. The Labute approximate surface area is 225 Å². The van der Waals surface area contributed by atoms with E-state index in [0.717, 1.165) is 18.2 Å². The van der Waals surface area contributed by atoms with Crippen LogP contribution in [-0.4, -0.2) is 58.8 Å². The molecule has 0 spiro atoms. The van der Waals surface area contributed by atoms with E-state index in [1.807, 2.05) is 30.3 Å². The monoisotopic (exact) mass is 521 g/mol. The van der Waals surface area contributed by atoms with Gasteiger partial charge in [-0.05, 0) is 67.7 Å². The number of aliphatic hydroxyl groups excluding tert-OH is 1. The van der Waals surface area contributed by atoms with Crippen molar-refractivity contribution in [3.8, 4) is 0 Å². The minimum absolute atomic E-state index is 0.000500. The number of nitrogens with one attached hydrogen (secondary N) is 2. The van der Waals surface area contributed by atoms with Gasteiger partial charge in [-0.15, -0.1) is 0 Å². The number of nitrogens with zero attached hydrogens (tertiary/aromatic N) is 1. The van der Waals surface area contributed by atoms with Crippen LogP contribution in [0.15, 0.2) is 36.5 Å². The van der Waals surface area contributed by atoms with Gasteiger partial charge in [-0.3, -0.25) is 14.6 Å². The van der Waals surface area contributed by atoms with Gasteiger partial charge in [0.2, 0.25) is 5.91 Å². The highest BCUT2D eigenvalue weighted by atomic mass is 16.7. The van der Waals surface area contributed by atoms with Crippen LogP contribution in [0, 0.1) is 23.2 Å². The molecule has 2 bridgehead atoms. The van der Waals surface area contributed by atoms with Crippen LogP contribution in [-0.2, 0) is 14.1 Å². The maximum absolute atomic E-state index is 13.5. The van der Waals surface area contributed by atoms with E-state index in [1.165, 1.54) is 6.92 Å². The fraction of sp³-hybridized carbons (Fsp3) is 0.621. The smallest absolute Gasteiger partial charge is 0.404 e. The molecule has 2 amide bonds. The molecule has 0 unspecified atom stereocenters. The molecule has 1 aliphatic heterocycles. The Balaban J connectivity index is 1.32. The lowest BCUT2D eigenvalue weighted by atomic mass is 9.43. The predicted molar refractivity (Wildman–Crippen MR) is 146 cm³/mol. The number of benzene rings is 1. The van der Waals surface area contributed by atoms with Crippen LogP contribution in [0.25, 0.3) is 10.8 Å². The molecule has 4 fully saturated rings. The molecule has 3 N–H and O–H groups in total. The van der Waals surface area contributed by atoms with E-state index in [0.29, 0.717) is 23.6 Å². The van der Waals surface area contributed by atoms with Gasteiger partial charge in [0.1, 0.15) is 11.7 Å². The third kappa shape index (κ3) is 4.63. The van der Waals surface area contributed by atoms with Gasteiger partial charge in [0.05, 0.1) is 23.8 Å². The second-order valence-electron chi connectivity index (χ2n) is 12.7. The van der Waals surface area contributed by atoms with Crippen LogP contribution >= 0.6 is 0 Å². The van der Waals surface area contributed by atoms with E-state index in [1.54, 1.807) is 6.20 Å². The highest BCUT2D eigenvalue weighted by Crippen LogP contribution is 2.65. The first kappa shape index (κ1) is 27.1. The number of carbonyl (C=O) groups is 2. The van der Waals surface area contributed by atoms with Crippen LogP contribution in [0.3, 0.4) is 0 Å². The van der Waals surface area contributed by atoms with E-state index in [2.05, 4.69) is 50.2 Å². The summed E-state index contributed by atoms with van der Waals surface area (Å²) in [5.74, 6) is -0.0970. The highest BCUT2D eigenvalue weighted by molar-refractivity contribution is 6.48. The number of hydrogen-bond donors (Lipinski definition) is 3. The zero-order valence-corrected chi connectivity index (χ0v) is 23.2. The molecule has 0 radical (unpaired) electrons. The molecule has 7 atom stereocenters. The summed E-state index contributed by atoms with van der Waals surface area (Å²) in [7, 11) is -0.586. The average Bonchev–Trinajstić information content (AvgIpc) is 3.23. The summed E-state index contributed by atoms with van der Waals surface area (Å²) in [4.78, 5) is 31.0. The third-order valence-corrected chi connectivity index (χ3v) is 9.29. The van der Waals surface area contributed by atoms with Gasteiger partial charge in [0.15, 0.2) is 0 Å². The summed E-state index contributed by atoms with van der Waals surface area (Å²) in [6.45, 7) is 12.5. The number of hydrogen-bond acceptors (Lipinski definition) is 6. The average molecular weight is 521 g/mol. The van der Waals surface area contributed by atoms with Crippen molar-refractivity contribution in [2.24, 2.45) is 23.2 Å². The highest BCUT2D eigenvalue weighted by Gasteiger charge is 2.68. The van der Waals surface area contributed by atoms with Gasteiger partial charge < -0.3 is 25.0 Å². The molecule has 38 heavy (non-hydrogen) atoms. The summed E-state index contributed by atoms with van der Waals surface area (Å²) in [5, 5.41) is 17.8. The Hall–Kier alpha value is -2.49. The lowest BCUT2D eigenvalue weighted by molar-refractivity contribution is -0.199. The molecule has 2 aromatic rings. The summed E-state index contributed by atoms with van der Waals surface area (Å²) in [5.41, 5.74) is 0.0414. The second kappa shape index (κ2) is 9.92. The first-order valence-corrected chi connectivity index (χ1v) is 13.9. The van der Waals surface area contributed by atoms with Gasteiger partial charge >= 0.3 is 7.12 Å². The van der Waals surface area contributed by atoms with Gasteiger partial charge in [-0.2, -0.15) is 0 Å². The molecule has 8 nitrogen and oxygen atoms in total. The fourth-order valence-electron chi connectivity index (χ4n) is 7.00. The summed E-state index contributed by atoms with van der Waals surface area (Å²) >= 11 is 0. The number of amides is 2. The van der Waals surface area contributed by atoms with Crippen LogP contribution < -0.4 is 10.6 Å². The second-order valence-corrected chi connectivity index (χ2v) is 12.7. The first-order chi connectivity index (χ1) is 17.9. The van der Waals surface area contributed by atoms with Crippen molar-refractivity contribution in [2.45, 2.75) is 90.6 Å². The molecule has 4 aliphatic rings. The summed E-state index contributed by atoms with van der Waals surface area (Å²) in [6.07, 6.45) is 3.20. The maximum atomic E-state index is 13.5. The van der Waals surface area contributed by atoms with Crippen molar-refractivity contribution < 1.29 is 24.0 Å². The predicted octanol–water partition coefficient (Wildman–Crippen LogP) is 3.51. The van der Waals surface area contributed by atoms with Crippen LogP contribution in [0.1, 0.15) is 71.3 Å². The third-order valence-electron chi connectivity index (χ3n) is 9.29. The lowest BCUT2D eigenvalue weighted by Gasteiger charge is -2.64. The van der Waals surface area contributed by atoms with Crippen molar-refractivity contribution in [3.63, 3.8) is 0 Å². The van der Waals surface area contributed by atoms with Gasteiger partial charge in [-0.1, -0.05) is 52.0 Å². The Morgan fingerprint density at radius 2 is 1.87 bits per heavy atom. The van der Waals surface area contributed by atoms with Crippen LogP contribution in [0.5, 0.6) is 0 Å². The van der Waals surface area contributed by atoms with E-state index in [-0.39, 0.29) is 28.7 Å². The molecule has 2 heterocycles. The van der Waals surface area contributed by atoms with E-state index >= 15 is 0 Å². The Bertz CT molecular complexity index is 1210. The number of rotatable bonds is 8. The molecule has 3 aliphatic carbocycles. The number of fused-ring (bicyclic) bond motifs is 1. The van der Waals surface area contributed by atoms with Crippen molar-refractivity contribution in [1.29, 1.82) is 0 Å². The standard InChI is InChI=1S/C29H40BN3O5/c1-16(2)13-23(30-37-22-15-19-14-21(28(19,4)5)29(22,6)38-30)32-26(35)24(17(3)34)33-27(36)25-20-10-8-7-9-18(20)11-12-31-25/h7-12,16-17,19,21-24,34H,13-15H2,1-6H3,(H,32,35)(H,33,36)/t17-,19-,21-,22-,23+,24+,29+/m1/s1. The number of pyridine rings is 1. The summed E-state index contributed by atoms with van der Waals surface area (Å²) < 4.78 is 13.1. The molecular weight excluding hydrogens is 481 g/mol. The minimum atomic E-state index is -1.16. The molecule has 3 saturated carbocycles. The van der Waals surface area contributed by atoms with Crippen molar-refractivity contribution in [3.05, 3.63) is 42.2 Å². The molecular formula is C29H40BN3O5. The van der Waals surface area contributed by atoms with E-state index in [4.69, 9.17) is 9.31 Å². The Morgan fingerprint density at radius 1 is 1.13 bits per heavy atom. The number of aliphatic hydroxyl groups is 1. The lowest BCUT2D eigenvalue weighted by Crippen LogP contribution is -2.65. The number of aromatic nitrogens is 1. The quantitative estimate of drug-likeness (QED) is 0.459. The van der Waals surface area contributed by atoms with Crippen LogP contribution in [0.4, 0.5) is 0 Å². The minimum Gasteiger partial charge on any atom is -0.404 e. The van der Waals surface area contributed by atoms with Crippen LogP contribution in [0.2, 0.25) is 0 Å². The first-order valence-electron chi connectivity index (χ1n) is 13.9. The molecule has 1 aromatic heterocycles. The number of carbonyl (C=O) groups excluding carboxylic acids is 2. The largest absolute Gasteiger partial charge is 0.481 e. The SMILES string of the molecule is CC(C)C[C@H](NC(=O)[C@@H](NC(=O)c1nccc2ccccc12)[C@@H](C)O)B1O[C@@H]2C[C@H]3C[C@H](C3(C)C)[C@]2(C)O1. The van der Waals surface area contributed by atoms with Gasteiger partial charge in [0, 0.05) is 11.6 Å². The van der Waals surface area contributed by atoms with Gasteiger partial charge in [0.25, 0.3) is 5.91 Å². The molecule has 9 heteroatoms. The van der Waals surface area contributed by atoms with Crippen molar-refractivity contribution in [2.75, 3.05) is 0 Å². The van der Waals surface area contributed by atoms with Crippen molar-refractivity contribution >= 4 is 29.7 Å². The van der Waals surface area contributed by atoms with Crippen molar-refractivity contribution in [1.82, 2.24) is 15.6 Å². The fourth-order valence-corrected chi connectivity index (χ4v) is 7.00. The maximum Gasteiger partial charge on any atom is 0.481 e. The van der Waals surface area contributed by atoms with Gasteiger partial charge in [-0.25, -0.2) is 0 Å². The van der Waals surface area contributed by atoms with E-state index in [9.17, 15) is 14.7 Å². The molecule has 1 saturated heterocycles. The molecule has 6 rings (SSSR count). The zero-order valence-electron chi connectivity index (χ0n) is 23.2. The Morgan fingerprint density at radius 3 is 2.55 bits per heavy atom. The normalized spacial score (nSPS) is 29.8. The van der Waals surface area contributed by atoms with E-state index < -0.39 is 37.0 Å². The molecule has 1 aromatic carbocycles. The topological polar surface area (TPSA) is 110 Å². The zero-order chi connectivity index (χ0) is 27.4. The Kier molecular flexibility index (Phi) is 7.07.